The quantitative estimate of drug-likeness (QED) is 0.601. The second-order valence-electron chi connectivity index (χ2n) is 5.01. The van der Waals surface area contributed by atoms with E-state index in [2.05, 4.69) is 10.3 Å². The maximum Gasteiger partial charge on any atom is 0.326 e. The number of fused-ring (bicyclic) bond motifs is 1. The number of non-ortho nitro benzene ring substituents is 1. The smallest absolute Gasteiger partial charge is 0.326 e. The first-order valence-corrected chi connectivity index (χ1v) is 7.06. The number of hydrogen-bond donors (Lipinski definition) is 2. The lowest BCUT2D eigenvalue weighted by molar-refractivity contribution is -0.384. The van der Waals surface area contributed by atoms with Crippen LogP contribution in [0.4, 0.5) is 11.5 Å². The maximum absolute atomic E-state index is 11.2. The lowest BCUT2D eigenvalue weighted by Gasteiger charge is -2.14. The van der Waals surface area contributed by atoms with Gasteiger partial charge in [0.15, 0.2) is 0 Å². The fraction of sp³-hybridized carbons (Fsp3) is 0.333. The van der Waals surface area contributed by atoms with Gasteiger partial charge in [-0.15, -0.1) is 0 Å². The maximum atomic E-state index is 11.2. The Bertz CT molecular complexity index is 702. The van der Waals surface area contributed by atoms with Crippen molar-refractivity contribution >= 4 is 28.4 Å². The molecule has 1 atom stereocenters. The third-order valence-electron chi connectivity index (χ3n) is 3.35. The summed E-state index contributed by atoms with van der Waals surface area (Å²) in [7, 11) is 0. The number of nitro benzene ring substituents is 1. The van der Waals surface area contributed by atoms with E-state index in [0.29, 0.717) is 23.1 Å². The van der Waals surface area contributed by atoms with Crippen molar-refractivity contribution in [3.05, 3.63) is 40.4 Å². The number of rotatable bonds is 7. The van der Waals surface area contributed by atoms with Gasteiger partial charge in [-0.1, -0.05) is 19.8 Å². The minimum atomic E-state index is -0.918. The number of aliphatic carboxylic acids is 1. The molecule has 1 aromatic heterocycles. The van der Waals surface area contributed by atoms with Crippen molar-refractivity contribution in [2.45, 2.75) is 32.2 Å². The highest BCUT2D eigenvalue weighted by Crippen LogP contribution is 2.21. The minimum Gasteiger partial charge on any atom is -0.480 e. The van der Waals surface area contributed by atoms with E-state index in [0.717, 1.165) is 12.8 Å². The number of carboxylic acid groups (broad SMARTS) is 1. The average Bonchev–Trinajstić information content (AvgIpc) is 2.50. The summed E-state index contributed by atoms with van der Waals surface area (Å²) in [6, 6.07) is 7.01. The first kappa shape index (κ1) is 15.7. The van der Waals surface area contributed by atoms with Crippen LogP contribution in [0.5, 0.6) is 0 Å². The molecule has 7 heteroatoms. The Kier molecular flexibility index (Phi) is 4.88. The number of carboxylic acids is 1. The van der Waals surface area contributed by atoms with Crippen LogP contribution < -0.4 is 5.32 Å². The predicted molar refractivity (Wildman–Crippen MR) is 83.0 cm³/mol. The summed E-state index contributed by atoms with van der Waals surface area (Å²) in [5.41, 5.74) is 0.580. The zero-order chi connectivity index (χ0) is 16.1. The SMILES string of the molecule is CCCCC(Nc1ccc2cc([N+](=O)[O-])ccc2n1)C(=O)O. The number of anilines is 1. The molecular weight excluding hydrogens is 286 g/mol. The van der Waals surface area contributed by atoms with Gasteiger partial charge in [0.1, 0.15) is 11.9 Å². The van der Waals surface area contributed by atoms with Crippen molar-refractivity contribution in [1.29, 1.82) is 0 Å². The minimum absolute atomic E-state index is 0.00127. The van der Waals surface area contributed by atoms with Gasteiger partial charge in [-0.3, -0.25) is 10.1 Å². The highest BCUT2D eigenvalue weighted by molar-refractivity contribution is 5.83. The zero-order valence-electron chi connectivity index (χ0n) is 12.2. The molecule has 0 spiro atoms. The van der Waals surface area contributed by atoms with Crippen molar-refractivity contribution in [3.63, 3.8) is 0 Å². The van der Waals surface area contributed by atoms with Gasteiger partial charge < -0.3 is 10.4 Å². The second-order valence-corrected chi connectivity index (χ2v) is 5.01. The monoisotopic (exact) mass is 303 g/mol. The molecule has 2 aromatic rings. The molecule has 0 saturated heterocycles. The summed E-state index contributed by atoms with van der Waals surface area (Å²) in [6.45, 7) is 2.00. The molecule has 22 heavy (non-hydrogen) atoms. The normalized spacial score (nSPS) is 12.0. The number of carbonyl (C=O) groups is 1. The number of benzene rings is 1. The fourth-order valence-corrected chi connectivity index (χ4v) is 2.15. The molecule has 7 nitrogen and oxygen atoms in total. The van der Waals surface area contributed by atoms with Crippen molar-refractivity contribution in [3.8, 4) is 0 Å². The number of hydrogen-bond acceptors (Lipinski definition) is 5. The van der Waals surface area contributed by atoms with E-state index in [-0.39, 0.29) is 5.69 Å². The Morgan fingerprint density at radius 1 is 1.41 bits per heavy atom. The predicted octanol–water partition coefficient (Wildman–Crippen LogP) is 3.20. The van der Waals surface area contributed by atoms with E-state index in [1.807, 2.05) is 6.92 Å². The van der Waals surface area contributed by atoms with Crippen LogP contribution in [0.15, 0.2) is 30.3 Å². The van der Waals surface area contributed by atoms with Gasteiger partial charge in [0.2, 0.25) is 0 Å². The first-order valence-electron chi connectivity index (χ1n) is 7.06. The van der Waals surface area contributed by atoms with Crippen LogP contribution in [0, 0.1) is 10.1 Å². The van der Waals surface area contributed by atoms with Crippen LogP contribution in [-0.4, -0.2) is 27.0 Å². The fourth-order valence-electron chi connectivity index (χ4n) is 2.15. The van der Waals surface area contributed by atoms with Crippen molar-refractivity contribution in [2.75, 3.05) is 5.32 Å². The number of nitrogens with zero attached hydrogens (tertiary/aromatic N) is 2. The topological polar surface area (TPSA) is 105 Å². The van der Waals surface area contributed by atoms with Gasteiger partial charge in [-0.05, 0) is 24.6 Å². The van der Waals surface area contributed by atoms with Crippen molar-refractivity contribution in [2.24, 2.45) is 0 Å². The molecule has 0 fully saturated rings. The van der Waals surface area contributed by atoms with E-state index in [1.54, 1.807) is 18.2 Å². The van der Waals surface area contributed by atoms with Gasteiger partial charge in [-0.25, -0.2) is 9.78 Å². The summed E-state index contributed by atoms with van der Waals surface area (Å²) in [4.78, 5) is 25.8. The van der Waals surface area contributed by atoms with Crippen LogP contribution in [0.3, 0.4) is 0 Å². The zero-order valence-corrected chi connectivity index (χ0v) is 12.2. The van der Waals surface area contributed by atoms with Crippen LogP contribution >= 0.6 is 0 Å². The molecule has 116 valence electrons. The molecule has 0 aliphatic heterocycles. The lowest BCUT2D eigenvalue weighted by Crippen LogP contribution is -2.29. The molecule has 0 amide bonds. The molecule has 0 saturated carbocycles. The molecular formula is C15H17N3O4. The Morgan fingerprint density at radius 3 is 2.82 bits per heavy atom. The number of nitrogens with one attached hydrogen (secondary N) is 1. The summed E-state index contributed by atoms with van der Waals surface area (Å²) in [5.74, 6) is -0.469. The Labute approximate surface area is 127 Å². The van der Waals surface area contributed by atoms with Gasteiger partial charge in [0, 0.05) is 17.5 Å². The van der Waals surface area contributed by atoms with Crippen LogP contribution in [0.25, 0.3) is 10.9 Å². The highest BCUT2D eigenvalue weighted by atomic mass is 16.6. The highest BCUT2D eigenvalue weighted by Gasteiger charge is 2.17. The van der Waals surface area contributed by atoms with Gasteiger partial charge in [0.25, 0.3) is 5.69 Å². The molecule has 1 aromatic carbocycles. The second kappa shape index (κ2) is 6.84. The van der Waals surface area contributed by atoms with Gasteiger partial charge in [0.05, 0.1) is 10.4 Å². The molecule has 0 aliphatic rings. The van der Waals surface area contributed by atoms with Crippen LogP contribution in [0.2, 0.25) is 0 Å². The van der Waals surface area contributed by atoms with Gasteiger partial charge >= 0.3 is 5.97 Å². The van der Waals surface area contributed by atoms with Gasteiger partial charge in [-0.2, -0.15) is 0 Å². The van der Waals surface area contributed by atoms with E-state index in [9.17, 15) is 20.0 Å². The molecule has 0 aliphatic carbocycles. The Balaban J connectivity index is 2.23. The largest absolute Gasteiger partial charge is 0.480 e. The molecule has 1 unspecified atom stereocenters. The van der Waals surface area contributed by atoms with Crippen molar-refractivity contribution in [1.82, 2.24) is 4.98 Å². The lowest BCUT2D eigenvalue weighted by atomic mass is 10.1. The van der Waals surface area contributed by atoms with E-state index >= 15 is 0 Å². The summed E-state index contributed by atoms with van der Waals surface area (Å²) in [5, 5.41) is 23.5. The Hall–Kier alpha value is -2.70. The number of nitro groups is 1. The molecule has 1 heterocycles. The number of unbranched alkanes of at least 4 members (excludes halogenated alkanes) is 1. The average molecular weight is 303 g/mol. The third-order valence-corrected chi connectivity index (χ3v) is 3.35. The standard InChI is InChI=1S/C15H17N3O4/c1-2-3-4-13(15(19)20)17-14-8-5-10-9-11(18(21)22)6-7-12(10)16-14/h5-9,13H,2-4H2,1H3,(H,16,17)(H,19,20). The van der Waals surface area contributed by atoms with Crippen LogP contribution in [-0.2, 0) is 4.79 Å². The summed E-state index contributed by atoms with van der Waals surface area (Å²) < 4.78 is 0. The summed E-state index contributed by atoms with van der Waals surface area (Å²) in [6.07, 6.45) is 2.25. The van der Waals surface area contributed by atoms with E-state index in [1.165, 1.54) is 12.1 Å². The van der Waals surface area contributed by atoms with Crippen molar-refractivity contribution < 1.29 is 14.8 Å². The van der Waals surface area contributed by atoms with Crippen LogP contribution in [0.1, 0.15) is 26.2 Å². The van der Waals surface area contributed by atoms with E-state index < -0.39 is 16.9 Å². The summed E-state index contributed by atoms with van der Waals surface area (Å²) >= 11 is 0. The third kappa shape index (κ3) is 3.69. The number of aromatic nitrogens is 1. The van der Waals surface area contributed by atoms with E-state index in [4.69, 9.17) is 0 Å². The molecule has 2 rings (SSSR count). The number of pyridine rings is 1. The first-order chi connectivity index (χ1) is 10.5. The molecule has 0 bridgehead atoms. The Morgan fingerprint density at radius 2 is 2.18 bits per heavy atom. The molecule has 2 N–H and O–H groups in total. The molecule has 0 radical (unpaired) electrons.